The normalized spacial score (nSPS) is 13.7. The number of para-hydroxylation sites is 1. The van der Waals surface area contributed by atoms with Gasteiger partial charge in [-0.15, -0.1) is 11.8 Å². The highest BCUT2D eigenvalue weighted by Crippen LogP contribution is 2.39. The van der Waals surface area contributed by atoms with Crippen LogP contribution in [0.2, 0.25) is 0 Å². The number of fused-ring (bicyclic) bond motifs is 1. The molecule has 0 spiro atoms. The molecule has 148 valence electrons. The highest BCUT2D eigenvalue weighted by Gasteiger charge is 2.37. The summed E-state index contributed by atoms with van der Waals surface area (Å²) < 4.78 is 79.4. The van der Waals surface area contributed by atoms with E-state index < -0.39 is 35.2 Å². The zero-order valence-electron chi connectivity index (χ0n) is 14.1. The minimum atomic E-state index is -4.95. The van der Waals surface area contributed by atoms with E-state index in [0.717, 1.165) is 11.0 Å². The molecule has 1 N–H and O–H groups in total. The van der Waals surface area contributed by atoms with Gasteiger partial charge < -0.3 is 5.11 Å². The molecule has 0 radical (unpaired) electrons. The van der Waals surface area contributed by atoms with Gasteiger partial charge in [0.1, 0.15) is 5.69 Å². The molecule has 3 aromatic rings. The van der Waals surface area contributed by atoms with E-state index in [2.05, 4.69) is 4.98 Å². The maximum Gasteiger partial charge on any atom is 0.433 e. The average molecular weight is 417 g/mol. The smallest absolute Gasteiger partial charge is 0.388 e. The first kappa shape index (κ1) is 20.5. The van der Waals surface area contributed by atoms with E-state index in [-0.39, 0.29) is 16.7 Å². The van der Waals surface area contributed by atoms with Crippen LogP contribution in [-0.4, -0.2) is 15.8 Å². The van der Waals surface area contributed by atoms with Gasteiger partial charge in [-0.2, -0.15) is 26.3 Å². The van der Waals surface area contributed by atoms with Gasteiger partial charge in [-0.3, -0.25) is 0 Å². The van der Waals surface area contributed by atoms with Gasteiger partial charge >= 0.3 is 12.4 Å². The summed E-state index contributed by atoms with van der Waals surface area (Å²) in [7, 11) is 0. The van der Waals surface area contributed by atoms with E-state index in [1.54, 1.807) is 30.3 Å². The summed E-state index contributed by atoms with van der Waals surface area (Å²) in [5.41, 5.74) is -3.83. The predicted octanol–water partition coefficient (Wildman–Crippen LogP) is 6.10. The monoisotopic (exact) mass is 417 g/mol. The molecule has 0 aliphatic rings. The minimum absolute atomic E-state index is 0.0311. The van der Waals surface area contributed by atoms with E-state index in [0.29, 0.717) is 12.1 Å². The Hall–Kier alpha value is -2.26. The van der Waals surface area contributed by atoms with Crippen LogP contribution in [-0.2, 0) is 12.4 Å². The van der Waals surface area contributed by atoms with Crippen molar-refractivity contribution in [2.45, 2.75) is 23.4 Å². The molecule has 0 saturated heterocycles. The summed E-state index contributed by atoms with van der Waals surface area (Å²) in [6, 6.07) is 12.4. The van der Waals surface area contributed by atoms with Crippen molar-refractivity contribution in [3.63, 3.8) is 0 Å². The summed E-state index contributed by atoms with van der Waals surface area (Å²) in [5.74, 6) is -0.0311. The van der Waals surface area contributed by atoms with E-state index >= 15 is 0 Å². The molecule has 9 heteroatoms. The Balaban J connectivity index is 2.09. The first-order valence-corrected chi connectivity index (χ1v) is 9.00. The lowest BCUT2D eigenvalue weighted by Gasteiger charge is -2.18. The summed E-state index contributed by atoms with van der Waals surface area (Å²) in [4.78, 5) is 3.98. The van der Waals surface area contributed by atoms with E-state index in [1.807, 2.05) is 0 Å². The lowest BCUT2D eigenvalue weighted by atomic mass is 10.00. The van der Waals surface area contributed by atoms with Gasteiger partial charge in [0.15, 0.2) is 0 Å². The van der Waals surface area contributed by atoms with Gasteiger partial charge in [0.05, 0.1) is 17.2 Å². The fraction of sp³-hybridized carbons (Fsp3) is 0.211. The first-order valence-electron chi connectivity index (χ1n) is 8.01. The number of alkyl halides is 6. The van der Waals surface area contributed by atoms with Gasteiger partial charge in [0.2, 0.25) is 0 Å². The Labute approximate surface area is 160 Å². The SMILES string of the molecule is OC(CSc1ccccc1)c1cc(C(F)(F)F)nc2c(C(F)(F)F)cccc12. The molecule has 2 aromatic carbocycles. The summed E-state index contributed by atoms with van der Waals surface area (Å²) in [6.45, 7) is 0. The molecule has 1 aromatic heterocycles. The summed E-state index contributed by atoms with van der Waals surface area (Å²) >= 11 is 1.18. The Kier molecular flexibility index (Phi) is 5.58. The number of rotatable bonds is 4. The standard InChI is InChI=1S/C19H13F6NOS/c20-18(21,22)14-8-4-7-12-13(9-16(19(23,24)25)26-17(12)14)15(27)10-28-11-5-2-1-3-6-11/h1-9,15,27H,10H2. The number of aliphatic hydroxyl groups excluding tert-OH is 1. The molecule has 1 unspecified atom stereocenters. The fourth-order valence-corrected chi connectivity index (χ4v) is 3.59. The van der Waals surface area contributed by atoms with Crippen molar-refractivity contribution in [3.05, 3.63) is 71.4 Å². The van der Waals surface area contributed by atoms with Crippen LogP contribution in [0.5, 0.6) is 0 Å². The maximum absolute atomic E-state index is 13.3. The maximum atomic E-state index is 13.3. The molecule has 0 fully saturated rings. The van der Waals surface area contributed by atoms with Crippen molar-refractivity contribution in [1.82, 2.24) is 4.98 Å². The van der Waals surface area contributed by atoms with Gasteiger partial charge in [0.25, 0.3) is 0 Å². The third-order valence-corrected chi connectivity index (χ3v) is 5.07. The molecular weight excluding hydrogens is 404 g/mol. The van der Waals surface area contributed by atoms with Crippen molar-refractivity contribution in [2.24, 2.45) is 0 Å². The molecule has 0 aliphatic heterocycles. The third-order valence-electron chi connectivity index (χ3n) is 3.98. The molecule has 0 aliphatic carbocycles. The number of benzene rings is 2. The van der Waals surface area contributed by atoms with Crippen molar-refractivity contribution >= 4 is 22.7 Å². The lowest BCUT2D eigenvalue weighted by Crippen LogP contribution is -2.14. The minimum Gasteiger partial charge on any atom is -0.388 e. The van der Waals surface area contributed by atoms with E-state index in [4.69, 9.17) is 0 Å². The van der Waals surface area contributed by atoms with Crippen LogP contribution in [0.1, 0.15) is 22.9 Å². The molecule has 2 nitrogen and oxygen atoms in total. The molecule has 3 rings (SSSR count). The molecule has 1 heterocycles. The van der Waals surface area contributed by atoms with Crippen LogP contribution in [0.3, 0.4) is 0 Å². The Morgan fingerprint density at radius 3 is 2.18 bits per heavy atom. The molecular formula is C19H13F6NOS. The molecule has 28 heavy (non-hydrogen) atoms. The van der Waals surface area contributed by atoms with E-state index in [9.17, 15) is 31.4 Å². The molecule has 0 saturated carbocycles. The van der Waals surface area contributed by atoms with Crippen LogP contribution in [0, 0.1) is 0 Å². The number of halogens is 6. The van der Waals surface area contributed by atoms with Gasteiger partial charge in [-0.25, -0.2) is 4.98 Å². The van der Waals surface area contributed by atoms with E-state index in [1.165, 1.54) is 17.8 Å². The van der Waals surface area contributed by atoms with Crippen molar-refractivity contribution in [1.29, 1.82) is 0 Å². The summed E-state index contributed by atoms with van der Waals surface area (Å²) in [5, 5.41) is 10.3. The van der Waals surface area contributed by atoms with Crippen LogP contribution in [0.25, 0.3) is 10.9 Å². The lowest BCUT2D eigenvalue weighted by molar-refractivity contribution is -0.142. The van der Waals surface area contributed by atoms with Crippen molar-refractivity contribution in [2.75, 3.05) is 5.75 Å². The number of thioether (sulfide) groups is 1. The zero-order valence-corrected chi connectivity index (χ0v) is 14.9. The average Bonchev–Trinajstić information content (AvgIpc) is 2.64. The number of hydrogen-bond donors (Lipinski definition) is 1. The van der Waals surface area contributed by atoms with Crippen LogP contribution in [0.4, 0.5) is 26.3 Å². The molecule has 0 amide bonds. The highest BCUT2D eigenvalue weighted by molar-refractivity contribution is 7.99. The quantitative estimate of drug-likeness (QED) is 0.411. The van der Waals surface area contributed by atoms with Crippen LogP contribution < -0.4 is 0 Å². The summed E-state index contributed by atoms with van der Waals surface area (Å²) in [6.07, 6.45) is -11.2. The van der Waals surface area contributed by atoms with Gasteiger partial charge in [-0.1, -0.05) is 30.3 Å². The number of hydrogen-bond acceptors (Lipinski definition) is 3. The second kappa shape index (κ2) is 7.63. The molecule has 1 atom stereocenters. The third kappa shape index (κ3) is 4.41. The number of nitrogens with zero attached hydrogens (tertiary/aromatic N) is 1. The predicted molar refractivity (Wildman–Crippen MR) is 93.9 cm³/mol. The van der Waals surface area contributed by atoms with Gasteiger partial charge in [-0.05, 0) is 29.8 Å². The van der Waals surface area contributed by atoms with Crippen LogP contribution in [0.15, 0.2) is 59.5 Å². The number of aromatic nitrogens is 1. The Bertz CT molecular complexity index is 972. The highest BCUT2D eigenvalue weighted by atomic mass is 32.2. The second-order valence-electron chi connectivity index (χ2n) is 5.93. The Morgan fingerprint density at radius 2 is 1.57 bits per heavy atom. The number of aliphatic hydroxyl groups is 1. The first-order chi connectivity index (χ1) is 13.1. The second-order valence-corrected chi connectivity index (χ2v) is 7.03. The fourth-order valence-electron chi connectivity index (χ4n) is 2.71. The van der Waals surface area contributed by atoms with Gasteiger partial charge in [0, 0.05) is 16.0 Å². The topological polar surface area (TPSA) is 33.1 Å². The van der Waals surface area contributed by atoms with Crippen molar-refractivity contribution < 1.29 is 31.4 Å². The zero-order chi connectivity index (χ0) is 20.5. The van der Waals surface area contributed by atoms with Crippen LogP contribution >= 0.6 is 11.8 Å². The Morgan fingerprint density at radius 1 is 0.893 bits per heavy atom. The largest absolute Gasteiger partial charge is 0.433 e. The number of pyridine rings is 1. The van der Waals surface area contributed by atoms with Crippen molar-refractivity contribution in [3.8, 4) is 0 Å². The molecule has 0 bridgehead atoms.